The maximum absolute atomic E-state index is 10.5. The Morgan fingerprint density at radius 3 is 2.47 bits per heavy atom. The van der Waals surface area contributed by atoms with Gasteiger partial charge in [-0.2, -0.15) is 0 Å². The third-order valence-electron chi connectivity index (χ3n) is 3.45. The van der Waals surface area contributed by atoms with Gasteiger partial charge in [-0.1, -0.05) is 39.0 Å². The Bertz CT molecular complexity index is 181. The summed E-state index contributed by atoms with van der Waals surface area (Å²) in [6, 6.07) is 0. The lowest BCUT2D eigenvalue weighted by Crippen LogP contribution is -2.12. The van der Waals surface area contributed by atoms with Crippen LogP contribution in [0.15, 0.2) is 0 Å². The summed E-state index contributed by atoms with van der Waals surface area (Å²) < 4.78 is 4.91. The minimum atomic E-state index is -0.151. The number of hydrogen-bond acceptors (Lipinski definition) is 2. The van der Waals surface area contributed by atoms with Crippen molar-refractivity contribution < 1.29 is 9.53 Å². The van der Waals surface area contributed by atoms with E-state index >= 15 is 0 Å². The molecule has 0 aromatic heterocycles. The number of esters is 1. The zero-order valence-electron chi connectivity index (χ0n) is 10.1. The van der Waals surface area contributed by atoms with Crippen molar-refractivity contribution in [3.63, 3.8) is 0 Å². The average Bonchev–Trinajstić information content (AvgIpc) is 2.20. The molecular weight excluding hydrogens is 188 g/mol. The molecule has 0 amide bonds. The van der Waals surface area contributed by atoms with Crippen molar-refractivity contribution in [3.05, 3.63) is 0 Å². The Morgan fingerprint density at radius 1 is 1.20 bits per heavy atom. The van der Waals surface area contributed by atoms with Crippen molar-refractivity contribution in [1.29, 1.82) is 0 Å². The highest BCUT2D eigenvalue weighted by Crippen LogP contribution is 2.31. The highest BCUT2D eigenvalue weighted by Gasteiger charge is 2.17. The monoisotopic (exact) mass is 212 g/mol. The molecular formula is C13H24O2. The summed E-state index contributed by atoms with van der Waals surface area (Å²) in [6.07, 6.45) is 9.22. The van der Waals surface area contributed by atoms with E-state index in [1.165, 1.54) is 45.4 Å². The molecule has 0 unspecified atom stereocenters. The van der Waals surface area contributed by atoms with Crippen LogP contribution in [-0.4, -0.2) is 12.6 Å². The molecule has 1 rings (SSSR count). The van der Waals surface area contributed by atoms with E-state index in [2.05, 4.69) is 6.92 Å². The van der Waals surface area contributed by atoms with Crippen LogP contribution in [0.2, 0.25) is 0 Å². The van der Waals surface area contributed by atoms with E-state index in [-0.39, 0.29) is 5.97 Å². The largest absolute Gasteiger partial charge is 0.466 e. The second-order valence-corrected chi connectivity index (χ2v) is 4.96. The summed E-state index contributed by atoms with van der Waals surface area (Å²) in [4.78, 5) is 10.5. The van der Waals surface area contributed by atoms with E-state index in [9.17, 15) is 4.79 Å². The Balaban J connectivity index is 1.94. The van der Waals surface area contributed by atoms with Gasteiger partial charge in [-0.3, -0.25) is 4.79 Å². The fourth-order valence-corrected chi connectivity index (χ4v) is 2.37. The van der Waals surface area contributed by atoms with Gasteiger partial charge >= 0.3 is 5.97 Å². The van der Waals surface area contributed by atoms with Gasteiger partial charge in [0.2, 0.25) is 0 Å². The fourth-order valence-electron chi connectivity index (χ4n) is 2.37. The van der Waals surface area contributed by atoms with E-state index in [0.717, 1.165) is 18.3 Å². The molecule has 0 aromatic rings. The molecule has 1 aliphatic carbocycles. The Morgan fingerprint density at radius 2 is 1.87 bits per heavy atom. The lowest BCUT2D eigenvalue weighted by molar-refractivity contribution is -0.141. The maximum atomic E-state index is 10.5. The predicted molar refractivity (Wildman–Crippen MR) is 61.6 cm³/mol. The molecule has 0 aromatic carbocycles. The lowest BCUT2D eigenvalue weighted by atomic mass is 9.81. The molecule has 1 fully saturated rings. The third kappa shape index (κ3) is 5.81. The van der Waals surface area contributed by atoms with Crippen molar-refractivity contribution in [3.8, 4) is 0 Å². The van der Waals surface area contributed by atoms with Crippen LogP contribution in [0, 0.1) is 11.8 Å². The molecule has 0 bridgehead atoms. The van der Waals surface area contributed by atoms with Gasteiger partial charge in [-0.15, -0.1) is 0 Å². The van der Waals surface area contributed by atoms with Crippen LogP contribution in [0.25, 0.3) is 0 Å². The minimum Gasteiger partial charge on any atom is -0.466 e. The standard InChI is InChI=1S/C13H24O2/c1-11-6-8-13(9-7-11)5-3-4-10-15-12(2)14/h11,13H,3-10H2,1-2H3. The smallest absolute Gasteiger partial charge is 0.302 e. The summed E-state index contributed by atoms with van der Waals surface area (Å²) >= 11 is 0. The number of hydrogen-bond donors (Lipinski definition) is 0. The lowest BCUT2D eigenvalue weighted by Gasteiger charge is -2.25. The first-order valence-corrected chi connectivity index (χ1v) is 6.32. The van der Waals surface area contributed by atoms with Crippen molar-refractivity contribution in [2.45, 2.75) is 58.8 Å². The van der Waals surface area contributed by atoms with Gasteiger partial charge in [0.25, 0.3) is 0 Å². The van der Waals surface area contributed by atoms with Crippen LogP contribution in [0.5, 0.6) is 0 Å². The number of ether oxygens (including phenoxy) is 1. The molecule has 2 heteroatoms. The van der Waals surface area contributed by atoms with E-state index in [1.807, 2.05) is 0 Å². The quantitative estimate of drug-likeness (QED) is 0.514. The second kappa shape index (κ2) is 6.86. The molecule has 0 spiro atoms. The average molecular weight is 212 g/mol. The molecule has 0 heterocycles. The van der Waals surface area contributed by atoms with Gasteiger partial charge in [0.05, 0.1) is 6.61 Å². The highest BCUT2D eigenvalue weighted by molar-refractivity contribution is 5.65. The Labute approximate surface area is 93.4 Å². The van der Waals surface area contributed by atoms with Crippen LogP contribution in [0.4, 0.5) is 0 Å². The van der Waals surface area contributed by atoms with Gasteiger partial charge in [0.1, 0.15) is 0 Å². The number of carbonyl (C=O) groups excluding carboxylic acids is 1. The zero-order chi connectivity index (χ0) is 11.1. The van der Waals surface area contributed by atoms with Crippen LogP contribution in [-0.2, 0) is 9.53 Å². The van der Waals surface area contributed by atoms with E-state index < -0.39 is 0 Å². The molecule has 0 radical (unpaired) electrons. The second-order valence-electron chi connectivity index (χ2n) is 4.96. The summed E-state index contributed by atoms with van der Waals surface area (Å²) in [5.41, 5.74) is 0. The molecule has 88 valence electrons. The maximum Gasteiger partial charge on any atom is 0.302 e. The molecule has 2 nitrogen and oxygen atoms in total. The van der Waals surface area contributed by atoms with Crippen molar-refractivity contribution >= 4 is 5.97 Å². The molecule has 1 aliphatic rings. The first-order valence-electron chi connectivity index (χ1n) is 6.32. The summed E-state index contributed by atoms with van der Waals surface area (Å²) in [7, 11) is 0. The first kappa shape index (κ1) is 12.5. The summed E-state index contributed by atoms with van der Waals surface area (Å²) in [6.45, 7) is 4.44. The Kier molecular flexibility index (Phi) is 5.74. The number of carbonyl (C=O) groups is 1. The first-order chi connectivity index (χ1) is 7.18. The zero-order valence-corrected chi connectivity index (χ0v) is 10.1. The van der Waals surface area contributed by atoms with Crippen molar-refractivity contribution in [2.24, 2.45) is 11.8 Å². The predicted octanol–water partition coefficient (Wildman–Crippen LogP) is 3.55. The molecule has 1 saturated carbocycles. The molecule has 0 aliphatic heterocycles. The fraction of sp³-hybridized carbons (Fsp3) is 0.923. The molecule has 0 N–H and O–H groups in total. The SMILES string of the molecule is CC(=O)OCCCCC1CCC(C)CC1. The summed E-state index contributed by atoms with van der Waals surface area (Å²) in [5.74, 6) is 1.74. The van der Waals surface area contributed by atoms with E-state index in [4.69, 9.17) is 4.74 Å². The van der Waals surface area contributed by atoms with Gasteiger partial charge in [0.15, 0.2) is 0 Å². The molecule has 0 atom stereocenters. The van der Waals surface area contributed by atoms with E-state index in [1.54, 1.807) is 0 Å². The van der Waals surface area contributed by atoms with Crippen LogP contribution >= 0.6 is 0 Å². The highest BCUT2D eigenvalue weighted by atomic mass is 16.5. The van der Waals surface area contributed by atoms with Gasteiger partial charge in [0, 0.05) is 6.92 Å². The normalized spacial score (nSPS) is 26.3. The molecule has 15 heavy (non-hydrogen) atoms. The van der Waals surface area contributed by atoms with Crippen LogP contribution in [0.1, 0.15) is 58.8 Å². The molecule has 0 saturated heterocycles. The van der Waals surface area contributed by atoms with E-state index in [0.29, 0.717) is 6.61 Å². The van der Waals surface area contributed by atoms with Gasteiger partial charge in [-0.25, -0.2) is 0 Å². The van der Waals surface area contributed by atoms with Crippen molar-refractivity contribution in [2.75, 3.05) is 6.61 Å². The number of unbranched alkanes of at least 4 members (excludes halogenated alkanes) is 1. The summed E-state index contributed by atoms with van der Waals surface area (Å²) in [5, 5.41) is 0. The van der Waals surface area contributed by atoms with Crippen LogP contribution in [0.3, 0.4) is 0 Å². The Hall–Kier alpha value is -0.530. The van der Waals surface area contributed by atoms with Gasteiger partial charge in [-0.05, 0) is 24.7 Å². The number of rotatable bonds is 5. The van der Waals surface area contributed by atoms with Gasteiger partial charge < -0.3 is 4.74 Å². The van der Waals surface area contributed by atoms with Crippen molar-refractivity contribution in [1.82, 2.24) is 0 Å². The third-order valence-corrected chi connectivity index (χ3v) is 3.45. The minimum absolute atomic E-state index is 0.151. The topological polar surface area (TPSA) is 26.3 Å². The van der Waals surface area contributed by atoms with Crippen LogP contribution < -0.4 is 0 Å².